The molecule has 2 nitrogen and oxygen atoms in total. The zero-order valence-electron chi connectivity index (χ0n) is 13.0. The highest BCUT2D eigenvalue weighted by Gasteiger charge is 2.15. The highest BCUT2D eigenvalue weighted by molar-refractivity contribution is 6.32. The van der Waals surface area contributed by atoms with E-state index in [1.165, 1.54) is 6.07 Å². The van der Waals surface area contributed by atoms with Gasteiger partial charge in [-0.3, -0.25) is 4.79 Å². The lowest BCUT2D eigenvalue weighted by molar-refractivity contribution is 0.102. The van der Waals surface area contributed by atoms with Gasteiger partial charge < -0.3 is 5.32 Å². The summed E-state index contributed by atoms with van der Waals surface area (Å²) in [5.74, 6) is -0.712. The molecule has 1 amide bonds. The van der Waals surface area contributed by atoms with Gasteiger partial charge in [0.25, 0.3) is 5.91 Å². The second-order valence-electron chi connectivity index (χ2n) is 5.19. The Labute approximate surface area is 135 Å². The van der Waals surface area contributed by atoms with Gasteiger partial charge in [0, 0.05) is 16.3 Å². The molecule has 0 atom stereocenters. The van der Waals surface area contributed by atoms with E-state index in [2.05, 4.69) is 5.32 Å². The summed E-state index contributed by atoms with van der Waals surface area (Å²) in [6, 6.07) is 8.24. The molecule has 2 rings (SSSR count). The molecule has 1 N–H and O–H groups in total. The summed E-state index contributed by atoms with van der Waals surface area (Å²) >= 11 is 6.22. The monoisotopic (exact) mass is 319 g/mol. The minimum Gasteiger partial charge on any atom is -0.321 e. The molecule has 0 heterocycles. The van der Waals surface area contributed by atoms with Crippen LogP contribution in [0.15, 0.2) is 30.3 Å². The van der Waals surface area contributed by atoms with Crippen molar-refractivity contribution < 1.29 is 9.18 Å². The molecule has 0 aliphatic heterocycles. The van der Waals surface area contributed by atoms with Crippen LogP contribution in [0.4, 0.5) is 10.1 Å². The van der Waals surface area contributed by atoms with Crippen molar-refractivity contribution in [3.63, 3.8) is 0 Å². The van der Waals surface area contributed by atoms with Crippen LogP contribution in [0.5, 0.6) is 0 Å². The van der Waals surface area contributed by atoms with E-state index in [1.54, 1.807) is 19.1 Å². The lowest BCUT2D eigenvalue weighted by Crippen LogP contribution is -2.15. The number of hydrogen-bond donors (Lipinski definition) is 1. The molecule has 2 aromatic rings. The normalized spacial score (nSPS) is 10.6. The molecule has 0 saturated carbocycles. The third-order valence-electron chi connectivity index (χ3n) is 3.75. The van der Waals surface area contributed by atoms with Crippen LogP contribution in [0, 0.1) is 12.7 Å². The number of benzene rings is 2. The van der Waals surface area contributed by atoms with Crippen LogP contribution in [-0.2, 0) is 12.8 Å². The second-order valence-corrected chi connectivity index (χ2v) is 5.59. The number of halogens is 2. The van der Waals surface area contributed by atoms with Crippen molar-refractivity contribution in [2.45, 2.75) is 33.6 Å². The molecule has 0 spiro atoms. The average Bonchev–Trinajstić information content (AvgIpc) is 2.50. The zero-order valence-corrected chi connectivity index (χ0v) is 13.7. The minimum atomic E-state index is -0.384. The van der Waals surface area contributed by atoms with Gasteiger partial charge in [-0.1, -0.05) is 37.6 Å². The summed E-state index contributed by atoms with van der Waals surface area (Å²) in [6.07, 6.45) is 1.49. The summed E-state index contributed by atoms with van der Waals surface area (Å²) in [7, 11) is 0. The maximum Gasteiger partial charge on any atom is 0.255 e. The SMILES string of the molecule is CCc1ccc(Cl)c(CC)c1NC(=O)c1ccc(C)c(F)c1. The Bertz CT molecular complexity index is 712. The second kappa shape index (κ2) is 6.93. The number of amides is 1. The highest BCUT2D eigenvalue weighted by Crippen LogP contribution is 2.30. The predicted octanol–water partition coefficient (Wildman–Crippen LogP) is 5.16. The summed E-state index contributed by atoms with van der Waals surface area (Å²) in [6.45, 7) is 5.67. The number of carbonyl (C=O) groups excluding carboxylic acids is 1. The van der Waals surface area contributed by atoms with Gasteiger partial charge in [-0.05, 0) is 54.7 Å². The number of rotatable bonds is 4. The smallest absolute Gasteiger partial charge is 0.255 e. The Kier molecular flexibility index (Phi) is 5.19. The Balaban J connectivity index is 2.39. The Morgan fingerprint density at radius 1 is 1.18 bits per heavy atom. The van der Waals surface area contributed by atoms with Gasteiger partial charge in [-0.15, -0.1) is 0 Å². The molecule has 0 aliphatic carbocycles. The van der Waals surface area contributed by atoms with Crippen molar-refractivity contribution in [3.05, 3.63) is 63.4 Å². The molecule has 0 bridgehead atoms. The van der Waals surface area contributed by atoms with Gasteiger partial charge in [0.05, 0.1) is 0 Å². The molecule has 0 saturated heterocycles. The Morgan fingerprint density at radius 3 is 2.50 bits per heavy atom. The van der Waals surface area contributed by atoms with Crippen LogP contribution in [0.3, 0.4) is 0 Å². The number of nitrogens with one attached hydrogen (secondary N) is 1. The molecule has 0 unspecified atom stereocenters. The standard InChI is InChI=1S/C18H19ClFNO/c1-4-12-8-9-15(19)14(5-2)17(12)21-18(22)13-7-6-11(3)16(20)10-13/h6-10H,4-5H2,1-3H3,(H,21,22). The van der Waals surface area contributed by atoms with Gasteiger partial charge in [-0.2, -0.15) is 0 Å². The summed E-state index contributed by atoms with van der Waals surface area (Å²) in [5.41, 5.74) is 3.47. The fourth-order valence-electron chi connectivity index (χ4n) is 2.39. The van der Waals surface area contributed by atoms with E-state index in [0.29, 0.717) is 22.6 Å². The van der Waals surface area contributed by atoms with Crippen LogP contribution in [-0.4, -0.2) is 5.91 Å². The van der Waals surface area contributed by atoms with Crippen molar-refractivity contribution in [2.75, 3.05) is 5.32 Å². The topological polar surface area (TPSA) is 29.1 Å². The molecule has 0 radical (unpaired) electrons. The largest absolute Gasteiger partial charge is 0.321 e. The van der Waals surface area contributed by atoms with E-state index in [-0.39, 0.29) is 11.7 Å². The van der Waals surface area contributed by atoms with Crippen molar-refractivity contribution in [2.24, 2.45) is 0 Å². The predicted molar refractivity (Wildman–Crippen MR) is 89.3 cm³/mol. The Hall–Kier alpha value is -1.87. The lowest BCUT2D eigenvalue weighted by atomic mass is 10.0. The van der Waals surface area contributed by atoms with Gasteiger partial charge in [0.2, 0.25) is 0 Å². The molecule has 2 aromatic carbocycles. The quantitative estimate of drug-likeness (QED) is 0.828. The van der Waals surface area contributed by atoms with E-state index in [0.717, 1.165) is 23.2 Å². The number of hydrogen-bond acceptors (Lipinski definition) is 1. The van der Waals surface area contributed by atoms with Crippen LogP contribution in [0.1, 0.15) is 40.9 Å². The third kappa shape index (κ3) is 3.30. The summed E-state index contributed by atoms with van der Waals surface area (Å²) in [5, 5.41) is 3.52. The van der Waals surface area contributed by atoms with E-state index in [1.807, 2.05) is 26.0 Å². The Morgan fingerprint density at radius 2 is 1.91 bits per heavy atom. The molecular weight excluding hydrogens is 301 g/mol. The number of aryl methyl sites for hydroxylation is 2. The first-order valence-corrected chi connectivity index (χ1v) is 7.73. The van der Waals surface area contributed by atoms with Gasteiger partial charge in [0.1, 0.15) is 5.82 Å². The van der Waals surface area contributed by atoms with Gasteiger partial charge in [0.15, 0.2) is 0 Å². The first kappa shape index (κ1) is 16.5. The first-order chi connectivity index (χ1) is 10.5. The van der Waals surface area contributed by atoms with Crippen molar-refractivity contribution in [3.8, 4) is 0 Å². The first-order valence-electron chi connectivity index (χ1n) is 7.35. The molecule has 4 heteroatoms. The van der Waals surface area contributed by atoms with Crippen molar-refractivity contribution >= 4 is 23.2 Å². The van der Waals surface area contributed by atoms with E-state index in [4.69, 9.17) is 11.6 Å². The maximum atomic E-state index is 13.6. The minimum absolute atomic E-state index is 0.298. The van der Waals surface area contributed by atoms with E-state index >= 15 is 0 Å². The van der Waals surface area contributed by atoms with E-state index in [9.17, 15) is 9.18 Å². The van der Waals surface area contributed by atoms with E-state index < -0.39 is 0 Å². The zero-order chi connectivity index (χ0) is 16.3. The van der Waals surface area contributed by atoms with Crippen LogP contribution >= 0.6 is 11.6 Å². The number of carbonyl (C=O) groups is 1. The van der Waals surface area contributed by atoms with Crippen molar-refractivity contribution in [1.29, 1.82) is 0 Å². The molecule has 116 valence electrons. The molecule has 0 fully saturated rings. The molecule has 0 aromatic heterocycles. The molecular formula is C18H19ClFNO. The van der Waals surface area contributed by atoms with Crippen LogP contribution in [0.2, 0.25) is 5.02 Å². The summed E-state index contributed by atoms with van der Waals surface area (Å²) in [4.78, 5) is 12.4. The van der Waals surface area contributed by atoms with Crippen LogP contribution in [0.25, 0.3) is 0 Å². The maximum absolute atomic E-state index is 13.6. The molecule has 0 aliphatic rings. The van der Waals surface area contributed by atoms with Gasteiger partial charge >= 0.3 is 0 Å². The average molecular weight is 320 g/mol. The van der Waals surface area contributed by atoms with Crippen LogP contribution < -0.4 is 5.32 Å². The fourth-order valence-corrected chi connectivity index (χ4v) is 2.68. The van der Waals surface area contributed by atoms with Crippen molar-refractivity contribution in [1.82, 2.24) is 0 Å². The lowest BCUT2D eigenvalue weighted by Gasteiger charge is -2.16. The third-order valence-corrected chi connectivity index (χ3v) is 4.10. The van der Waals surface area contributed by atoms with Gasteiger partial charge in [-0.25, -0.2) is 4.39 Å². The highest BCUT2D eigenvalue weighted by atomic mass is 35.5. The number of anilines is 1. The molecule has 22 heavy (non-hydrogen) atoms. The summed E-state index contributed by atoms with van der Waals surface area (Å²) < 4.78 is 13.6. The fraction of sp³-hybridized carbons (Fsp3) is 0.278.